The molecular weight excluding hydrogens is 215 g/mol. The molecule has 0 fully saturated rings. The molecule has 0 radical (unpaired) electrons. The summed E-state index contributed by atoms with van der Waals surface area (Å²) in [6.45, 7) is 3.73. The van der Waals surface area contributed by atoms with Crippen LogP contribution in [-0.4, -0.2) is 4.98 Å². The topological polar surface area (TPSA) is 36.7 Å². The number of pyridine rings is 1. The molecule has 0 saturated heterocycles. The lowest BCUT2D eigenvalue weighted by atomic mass is 10.0. The summed E-state index contributed by atoms with van der Waals surface area (Å²) >= 11 is 0. The molecule has 2 rings (SSSR count). The molecule has 0 unspecified atom stereocenters. The van der Waals surface area contributed by atoms with Crippen LogP contribution in [0.2, 0.25) is 0 Å². The van der Waals surface area contributed by atoms with Crippen molar-refractivity contribution in [2.75, 3.05) is 0 Å². The van der Waals surface area contributed by atoms with E-state index in [-0.39, 0.29) is 5.56 Å². The normalized spacial score (nSPS) is 10.0. The van der Waals surface area contributed by atoms with Gasteiger partial charge in [0.2, 0.25) is 0 Å². The van der Waals surface area contributed by atoms with E-state index >= 15 is 0 Å². The molecule has 1 heterocycles. The Labute approximate surface area is 99.4 Å². The maximum absolute atomic E-state index is 14.0. The fourth-order valence-corrected chi connectivity index (χ4v) is 1.83. The number of halogens is 1. The number of aromatic nitrogens is 1. The quantitative estimate of drug-likeness (QED) is 0.747. The van der Waals surface area contributed by atoms with Crippen LogP contribution in [0.1, 0.15) is 17.0 Å². The molecule has 0 spiro atoms. The molecule has 3 heteroatoms. The van der Waals surface area contributed by atoms with Crippen LogP contribution < -0.4 is 0 Å². The third-order valence-electron chi connectivity index (χ3n) is 2.51. The molecule has 1 aromatic heterocycles. The van der Waals surface area contributed by atoms with Gasteiger partial charge in [-0.3, -0.25) is 4.98 Å². The van der Waals surface area contributed by atoms with Crippen molar-refractivity contribution in [3.8, 4) is 17.2 Å². The van der Waals surface area contributed by atoms with Crippen LogP contribution >= 0.6 is 0 Å². The molecule has 0 amide bonds. The van der Waals surface area contributed by atoms with Crippen molar-refractivity contribution in [2.45, 2.75) is 13.8 Å². The molecule has 2 aromatic rings. The molecule has 0 atom stereocenters. The Morgan fingerprint density at radius 1 is 1.18 bits per heavy atom. The van der Waals surface area contributed by atoms with E-state index in [1.165, 1.54) is 6.07 Å². The predicted octanol–water partition coefficient (Wildman–Crippen LogP) is 3.38. The van der Waals surface area contributed by atoms with Crippen LogP contribution in [0, 0.1) is 31.0 Å². The fourth-order valence-electron chi connectivity index (χ4n) is 1.83. The average Bonchev–Trinajstić information content (AvgIpc) is 2.28. The first-order valence-corrected chi connectivity index (χ1v) is 5.26. The van der Waals surface area contributed by atoms with E-state index in [4.69, 9.17) is 5.26 Å². The van der Waals surface area contributed by atoms with Crippen LogP contribution in [-0.2, 0) is 0 Å². The van der Waals surface area contributed by atoms with Gasteiger partial charge in [0.1, 0.15) is 11.9 Å². The minimum Gasteiger partial charge on any atom is -0.258 e. The summed E-state index contributed by atoms with van der Waals surface area (Å²) in [5.41, 5.74) is 2.93. The Kier molecular flexibility index (Phi) is 2.88. The molecule has 0 saturated carbocycles. The fraction of sp³-hybridized carbons (Fsp3) is 0.143. The van der Waals surface area contributed by atoms with Crippen LogP contribution in [0.4, 0.5) is 4.39 Å². The Balaban J connectivity index is 2.65. The van der Waals surface area contributed by atoms with Crippen molar-refractivity contribution < 1.29 is 4.39 Å². The van der Waals surface area contributed by atoms with E-state index < -0.39 is 5.82 Å². The summed E-state index contributed by atoms with van der Waals surface area (Å²) in [5, 5.41) is 8.80. The van der Waals surface area contributed by atoms with E-state index in [1.54, 1.807) is 12.1 Å². The Morgan fingerprint density at radius 2 is 1.82 bits per heavy atom. The smallest absolute Gasteiger partial charge is 0.148 e. The van der Waals surface area contributed by atoms with Crippen LogP contribution in [0.25, 0.3) is 11.1 Å². The third-order valence-corrected chi connectivity index (χ3v) is 2.51. The van der Waals surface area contributed by atoms with E-state index in [1.807, 2.05) is 32.0 Å². The minimum atomic E-state index is -0.472. The number of hydrogen-bond acceptors (Lipinski definition) is 2. The largest absolute Gasteiger partial charge is 0.258 e. The van der Waals surface area contributed by atoms with Crippen molar-refractivity contribution in [1.82, 2.24) is 4.98 Å². The van der Waals surface area contributed by atoms with Gasteiger partial charge in [0.05, 0.1) is 5.56 Å². The van der Waals surface area contributed by atoms with Gasteiger partial charge >= 0.3 is 0 Å². The van der Waals surface area contributed by atoms with Gasteiger partial charge in [-0.2, -0.15) is 5.26 Å². The van der Waals surface area contributed by atoms with Gasteiger partial charge in [-0.1, -0.05) is 12.1 Å². The monoisotopic (exact) mass is 226 g/mol. The second kappa shape index (κ2) is 4.34. The molecule has 0 N–H and O–H groups in total. The number of hydrogen-bond donors (Lipinski definition) is 0. The van der Waals surface area contributed by atoms with E-state index in [9.17, 15) is 4.39 Å². The summed E-state index contributed by atoms with van der Waals surface area (Å²) in [6, 6.07) is 10.3. The number of aryl methyl sites for hydroxylation is 2. The Morgan fingerprint density at radius 3 is 2.41 bits per heavy atom. The molecule has 0 aliphatic heterocycles. The summed E-state index contributed by atoms with van der Waals surface area (Å²) < 4.78 is 14.0. The van der Waals surface area contributed by atoms with Crippen LogP contribution in [0.15, 0.2) is 30.3 Å². The van der Waals surface area contributed by atoms with Crippen LogP contribution in [0.3, 0.4) is 0 Å². The molecule has 0 aliphatic rings. The minimum absolute atomic E-state index is 0.0645. The summed E-state index contributed by atoms with van der Waals surface area (Å²) in [7, 11) is 0. The molecule has 17 heavy (non-hydrogen) atoms. The highest BCUT2D eigenvalue weighted by atomic mass is 19.1. The van der Waals surface area contributed by atoms with Gasteiger partial charge in [-0.15, -0.1) is 0 Å². The maximum Gasteiger partial charge on any atom is 0.148 e. The summed E-state index contributed by atoms with van der Waals surface area (Å²) in [6.07, 6.45) is 0. The Bertz CT molecular complexity index is 592. The van der Waals surface area contributed by atoms with Crippen molar-refractivity contribution in [3.05, 3.63) is 53.1 Å². The molecule has 2 nitrogen and oxygen atoms in total. The summed E-state index contributed by atoms with van der Waals surface area (Å²) in [5.74, 6) is -0.472. The van der Waals surface area contributed by atoms with Gasteiger partial charge < -0.3 is 0 Å². The average molecular weight is 226 g/mol. The van der Waals surface area contributed by atoms with Crippen molar-refractivity contribution >= 4 is 0 Å². The van der Waals surface area contributed by atoms with Crippen molar-refractivity contribution in [1.29, 1.82) is 5.26 Å². The van der Waals surface area contributed by atoms with Gasteiger partial charge in [0.25, 0.3) is 0 Å². The van der Waals surface area contributed by atoms with Crippen molar-refractivity contribution in [3.63, 3.8) is 0 Å². The highest BCUT2D eigenvalue weighted by Gasteiger charge is 2.10. The van der Waals surface area contributed by atoms with E-state index in [0.29, 0.717) is 5.56 Å². The van der Waals surface area contributed by atoms with Gasteiger partial charge in [-0.05, 0) is 37.6 Å². The van der Waals surface area contributed by atoms with Gasteiger partial charge in [-0.25, -0.2) is 4.39 Å². The molecule has 0 aliphatic carbocycles. The number of nitrogens with zero attached hydrogens (tertiary/aromatic N) is 2. The zero-order chi connectivity index (χ0) is 12.4. The molecular formula is C14H11FN2. The van der Waals surface area contributed by atoms with Crippen molar-refractivity contribution in [2.24, 2.45) is 0 Å². The van der Waals surface area contributed by atoms with Crippen LogP contribution in [0.5, 0.6) is 0 Å². The van der Waals surface area contributed by atoms with Gasteiger partial charge in [0, 0.05) is 17.0 Å². The van der Waals surface area contributed by atoms with E-state index in [2.05, 4.69) is 4.98 Å². The molecule has 84 valence electrons. The van der Waals surface area contributed by atoms with E-state index in [0.717, 1.165) is 17.0 Å². The first-order valence-electron chi connectivity index (χ1n) is 5.26. The zero-order valence-electron chi connectivity index (χ0n) is 9.66. The zero-order valence-corrected chi connectivity index (χ0v) is 9.66. The first kappa shape index (κ1) is 11.3. The third kappa shape index (κ3) is 2.16. The number of benzene rings is 1. The molecule has 1 aromatic carbocycles. The number of rotatable bonds is 1. The van der Waals surface area contributed by atoms with Gasteiger partial charge in [0.15, 0.2) is 0 Å². The number of nitriles is 1. The summed E-state index contributed by atoms with van der Waals surface area (Å²) in [4.78, 5) is 4.24. The standard InChI is InChI=1S/C14H11FN2/c1-9-6-12(7-10(2)17-9)13-5-3-4-11(8-16)14(13)15/h3-7H,1-2H3. The second-order valence-electron chi connectivity index (χ2n) is 3.92. The predicted molar refractivity (Wildman–Crippen MR) is 63.8 cm³/mol. The lowest BCUT2D eigenvalue weighted by Crippen LogP contribution is -1.92. The SMILES string of the molecule is Cc1cc(-c2cccc(C#N)c2F)cc(C)n1. The lowest BCUT2D eigenvalue weighted by Gasteiger charge is -2.06. The lowest BCUT2D eigenvalue weighted by molar-refractivity contribution is 0.627. The Hall–Kier alpha value is -2.21. The maximum atomic E-state index is 14.0. The first-order chi connectivity index (χ1) is 8.11. The highest BCUT2D eigenvalue weighted by molar-refractivity contribution is 5.66. The second-order valence-corrected chi connectivity index (χ2v) is 3.92. The highest BCUT2D eigenvalue weighted by Crippen LogP contribution is 2.25. The molecule has 0 bridgehead atoms.